The van der Waals surface area contributed by atoms with Crippen LogP contribution in [0.1, 0.15) is 13.3 Å². The molecule has 0 aliphatic heterocycles. The number of carbonyl (C=O) groups excluding carboxylic acids is 1. The fraction of sp³-hybridized carbons (Fsp3) is 0.462. The summed E-state index contributed by atoms with van der Waals surface area (Å²) in [5.41, 5.74) is -0.639. The Hall–Kier alpha value is -0.710. The summed E-state index contributed by atoms with van der Waals surface area (Å²) in [6, 6.07) is 7.69. The second-order valence-corrected chi connectivity index (χ2v) is 5.73. The molecule has 1 aromatic carbocycles. The number of ether oxygens (including phenoxy) is 1. The molecule has 1 unspecified atom stereocenters. The second-order valence-electron chi connectivity index (χ2n) is 4.13. The van der Waals surface area contributed by atoms with E-state index in [2.05, 4.69) is 5.32 Å². The maximum absolute atomic E-state index is 11.6. The molecule has 0 saturated carbocycles. The second kappa shape index (κ2) is 7.02. The van der Waals surface area contributed by atoms with E-state index in [1.54, 1.807) is 18.8 Å². The number of thioether (sulfide) groups is 1. The molecule has 3 nitrogen and oxygen atoms in total. The molecule has 0 aromatic heterocycles. The molecule has 0 spiro atoms. The van der Waals surface area contributed by atoms with Gasteiger partial charge in [-0.05, 0) is 38.6 Å². The van der Waals surface area contributed by atoms with E-state index in [0.29, 0.717) is 6.42 Å². The number of methoxy groups -OCH3 is 1. The molecule has 0 bridgehead atoms. The van der Waals surface area contributed by atoms with E-state index in [-0.39, 0.29) is 5.97 Å². The van der Waals surface area contributed by atoms with Gasteiger partial charge in [0.2, 0.25) is 0 Å². The van der Waals surface area contributed by atoms with Gasteiger partial charge in [-0.25, -0.2) is 0 Å². The van der Waals surface area contributed by atoms with Crippen LogP contribution in [-0.4, -0.2) is 31.4 Å². The minimum Gasteiger partial charge on any atom is -0.468 e. The lowest BCUT2D eigenvalue weighted by Gasteiger charge is -2.25. The van der Waals surface area contributed by atoms with Crippen LogP contribution in [-0.2, 0) is 9.53 Å². The summed E-state index contributed by atoms with van der Waals surface area (Å²) in [6.45, 7) is 1.84. The molecule has 100 valence electrons. The molecule has 1 atom stereocenters. The van der Waals surface area contributed by atoms with Crippen LogP contribution in [0.3, 0.4) is 0 Å². The quantitative estimate of drug-likeness (QED) is 0.645. The summed E-state index contributed by atoms with van der Waals surface area (Å²) in [7, 11) is 3.17. The zero-order valence-corrected chi connectivity index (χ0v) is 12.4. The highest BCUT2D eigenvalue weighted by molar-refractivity contribution is 7.99. The van der Waals surface area contributed by atoms with Crippen LogP contribution in [0.2, 0.25) is 5.02 Å². The predicted molar refractivity (Wildman–Crippen MR) is 76.3 cm³/mol. The molecular formula is C13H18ClNO2S. The summed E-state index contributed by atoms with van der Waals surface area (Å²) < 4.78 is 4.80. The number of rotatable bonds is 6. The Balaban J connectivity index is 2.52. The van der Waals surface area contributed by atoms with Crippen molar-refractivity contribution in [2.45, 2.75) is 23.8 Å². The fourth-order valence-electron chi connectivity index (χ4n) is 1.48. The molecule has 0 fully saturated rings. The third-order valence-electron chi connectivity index (χ3n) is 2.85. The van der Waals surface area contributed by atoms with Crippen molar-refractivity contribution in [2.24, 2.45) is 0 Å². The number of benzene rings is 1. The van der Waals surface area contributed by atoms with Crippen molar-refractivity contribution in [1.82, 2.24) is 5.32 Å². The summed E-state index contributed by atoms with van der Waals surface area (Å²) in [6.07, 6.45) is 0.688. The van der Waals surface area contributed by atoms with E-state index >= 15 is 0 Å². The molecule has 0 heterocycles. The molecule has 18 heavy (non-hydrogen) atoms. The van der Waals surface area contributed by atoms with E-state index in [1.807, 2.05) is 31.2 Å². The molecule has 0 saturated heterocycles. The fourth-order valence-corrected chi connectivity index (χ4v) is 2.87. The third-order valence-corrected chi connectivity index (χ3v) is 4.09. The van der Waals surface area contributed by atoms with Crippen LogP contribution in [0.15, 0.2) is 29.2 Å². The number of likely N-dealkylation sites (N-methyl/N-ethyl adjacent to an activating group) is 1. The van der Waals surface area contributed by atoms with Gasteiger partial charge in [-0.3, -0.25) is 4.79 Å². The van der Waals surface area contributed by atoms with E-state index in [9.17, 15) is 4.79 Å². The normalized spacial score (nSPS) is 14.0. The predicted octanol–water partition coefficient (Wildman–Crippen LogP) is 2.97. The van der Waals surface area contributed by atoms with Crippen LogP contribution in [0.4, 0.5) is 0 Å². The molecular weight excluding hydrogens is 270 g/mol. The van der Waals surface area contributed by atoms with Crippen LogP contribution in [0, 0.1) is 0 Å². The van der Waals surface area contributed by atoms with Gasteiger partial charge >= 0.3 is 5.97 Å². The van der Waals surface area contributed by atoms with Crippen molar-refractivity contribution in [2.75, 3.05) is 19.9 Å². The third kappa shape index (κ3) is 4.19. The highest BCUT2D eigenvalue weighted by Crippen LogP contribution is 2.24. The first kappa shape index (κ1) is 15.3. The highest BCUT2D eigenvalue weighted by atomic mass is 35.5. The average molecular weight is 288 g/mol. The van der Waals surface area contributed by atoms with Gasteiger partial charge in [0.15, 0.2) is 0 Å². The van der Waals surface area contributed by atoms with Crippen molar-refractivity contribution in [3.8, 4) is 0 Å². The average Bonchev–Trinajstić information content (AvgIpc) is 2.37. The summed E-state index contributed by atoms with van der Waals surface area (Å²) >= 11 is 7.59. The smallest absolute Gasteiger partial charge is 0.325 e. The Kier molecular flexibility index (Phi) is 5.99. The maximum Gasteiger partial charge on any atom is 0.325 e. The van der Waals surface area contributed by atoms with Crippen molar-refractivity contribution < 1.29 is 9.53 Å². The molecule has 1 aromatic rings. The van der Waals surface area contributed by atoms with E-state index in [1.165, 1.54) is 7.11 Å². The van der Waals surface area contributed by atoms with Crippen LogP contribution < -0.4 is 5.32 Å². The van der Waals surface area contributed by atoms with Crippen LogP contribution >= 0.6 is 23.4 Å². The van der Waals surface area contributed by atoms with Crippen LogP contribution in [0.5, 0.6) is 0 Å². The highest BCUT2D eigenvalue weighted by Gasteiger charge is 2.31. The molecule has 1 N–H and O–H groups in total. The minimum absolute atomic E-state index is 0.239. The monoisotopic (exact) mass is 287 g/mol. The minimum atomic E-state index is -0.639. The Bertz CT molecular complexity index is 414. The first-order valence-corrected chi connectivity index (χ1v) is 7.04. The van der Waals surface area contributed by atoms with E-state index in [4.69, 9.17) is 16.3 Å². The topological polar surface area (TPSA) is 38.3 Å². The van der Waals surface area contributed by atoms with Crippen molar-refractivity contribution >= 4 is 29.3 Å². The van der Waals surface area contributed by atoms with Gasteiger partial charge in [-0.15, -0.1) is 11.8 Å². The number of hydrogen-bond acceptors (Lipinski definition) is 4. The first-order chi connectivity index (χ1) is 8.51. The molecule has 0 radical (unpaired) electrons. The van der Waals surface area contributed by atoms with Gasteiger partial charge in [0.05, 0.1) is 7.11 Å². The van der Waals surface area contributed by atoms with Gasteiger partial charge in [-0.2, -0.15) is 0 Å². The van der Waals surface area contributed by atoms with Crippen LogP contribution in [0.25, 0.3) is 0 Å². The number of esters is 1. The molecule has 1 rings (SSSR count). The van der Waals surface area contributed by atoms with Crippen molar-refractivity contribution in [3.63, 3.8) is 0 Å². The molecule has 0 aliphatic rings. The van der Waals surface area contributed by atoms with Crippen molar-refractivity contribution in [3.05, 3.63) is 29.3 Å². The Morgan fingerprint density at radius 2 is 2.28 bits per heavy atom. The van der Waals surface area contributed by atoms with Gasteiger partial charge < -0.3 is 10.1 Å². The van der Waals surface area contributed by atoms with Gasteiger partial charge in [-0.1, -0.05) is 17.7 Å². The molecule has 0 aliphatic carbocycles. The first-order valence-electron chi connectivity index (χ1n) is 5.67. The molecule has 0 amide bonds. The largest absolute Gasteiger partial charge is 0.468 e. The molecule has 5 heteroatoms. The van der Waals surface area contributed by atoms with Gasteiger partial charge in [0.25, 0.3) is 0 Å². The zero-order valence-electron chi connectivity index (χ0n) is 10.8. The van der Waals surface area contributed by atoms with E-state index in [0.717, 1.165) is 15.7 Å². The number of carbonyl (C=O) groups is 1. The summed E-state index contributed by atoms with van der Waals surface area (Å²) in [4.78, 5) is 12.7. The SMILES string of the molecule is CNC(C)(CCSc1cccc(Cl)c1)C(=O)OC. The van der Waals surface area contributed by atoms with Gasteiger partial charge in [0, 0.05) is 15.7 Å². The number of halogens is 1. The standard InChI is InChI=1S/C13H18ClNO2S/c1-13(15-2,12(16)17-3)7-8-18-11-6-4-5-10(14)9-11/h4-6,9,15H,7-8H2,1-3H3. The summed E-state index contributed by atoms with van der Waals surface area (Å²) in [5, 5.41) is 3.74. The summed E-state index contributed by atoms with van der Waals surface area (Å²) in [5.74, 6) is 0.573. The van der Waals surface area contributed by atoms with E-state index < -0.39 is 5.54 Å². The lowest BCUT2D eigenvalue weighted by atomic mass is 10.00. The lowest BCUT2D eigenvalue weighted by molar-refractivity contribution is -0.147. The lowest BCUT2D eigenvalue weighted by Crippen LogP contribution is -2.48. The Morgan fingerprint density at radius 3 is 2.83 bits per heavy atom. The van der Waals surface area contributed by atoms with Gasteiger partial charge in [0.1, 0.15) is 5.54 Å². The Labute approximate surface area is 117 Å². The Morgan fingerprint density at radius 1 is 1.56 bits per heavy atom. The zero-order chi connectivity index (χ0) is 13.6. The maximum atomic E-state index is 11.6. The number of hydrogen-bond donors (Lipinski definition) is 1. The number of nitrogens with one attached hydrogen (secondary N) is 1. The van der Waals surface area contributed by atoms with Crippen molar-refractivity contribution in [1.29, 1.82) is 0 Å².